The minimum atomic E-state index is -1.02. The van der Waals surface area contributed by atoms with Crippen LogP contribution in [-0.4, -0.2) is 64.1 Å². The largest absolute Gasteiger partial charge is 0.480 e. The number of hydrogen-bond donors (Lipinski definition) is 3. The Hall–Kier alpha value is -1.44. The lowest BCUT2D eigenvalue weighted by Crippen LogP contribution is -2.55. The van der Waals surface area contributed by atoms with E-state index in [0.717, 1.165) is 0 Å². The zero-order chi connectivity index (χ0) is 15.3. The quantitative estimate of drug-likeness (QED) is 0.687. The van der Waals surface area contributed by atoms with Crippen LogP contribution in [0.4, 0.5) is 4.79 Å². The van der Waals surface area contributed by atoms with E-state index in [4.69, 9.17) is 5.11 Å². The Kier molecular flexibility index (Phi) is 5.67. The van der Waals surface area contributed by atoms with Crippen LogP contribution >= 0.6 is 11.8 Å². The van der Waals surface area contributed by atoms with Crippen molar-refractivity contribution in [1.82, 2.24) is 15.5 Å². The number of carboxylic acid groups (broad SMARTS) is 1. The Morgan fingerprint density at radius 2 is 2.00 bits per heavy atom. The first kappa shape index (κ1) is 16.6. The number of aliphatic carboxylic acids is 1. The van der Waals surface area contributed by atoms with E-state index in [0.29, 0.717) is 18.1 Å². The van der Waals surface area contributed by atoms with Crippen molar-refractivity contribution in [3.05, 3.63) is 0 Å². The number of nitrogens with zero attached hydrogens (tertiary/aromatic N) is 1. The number of carbonyl (C=O) groups excluding carboxylic acids is 2. The van der Waals surface area contributed by atoms with Crippen molar-refractivity contribution in [1.29, 1.82) is 0 Å². The van der Waals surface area contributed by atoms with Crippen molar-refractivity contribution in [2.24, 2.45) is 0 Å². The standard InChI is InChI=1S/C12H21N3O4S/c1-12(2,3)14-9(16)6-13-11(19)15-4-5-20-7-8(15)10(17)18/h8H,4-7H2,1-3H3,(H,13,19)(H,14,16)(H,17,18). The van der Waals surface area contributed by atoms with E-state index >= 15 is 0 Å². The molecule has 1 rings (SSSR count). The van der Waals surface area contributed by atoms with Crippen molar-refractivity contribution >= 4 is 29.7 Å². The van der Waals surface area contributed by atoms with Gasteiger partial charge in [0.1, 0.15) is 6.04 Å². The highest BCUT2D eigenvalue weighted by Crippen LogP contribution is 2.16. The molecule has 1 aliphatic rings. The number of nitrogens with one attached hydrogen (secondary N) is 2. The molecule has 1 saturated heterocycles. The summed E-state index contributed by atoms with van der Waals surface area (Å²) in [6.07, 6.45) is 0. The minimum Gasteiger partial charge on any atom is -0.480 e. The number of carbonyl (C=O) groups is 3. The molecule has 0 bridgehead atoms. The van der Waals surface area contributed by atoms with Gasteiger partial charge in [-0.25, -0.2) is 9.59 Å². The summed E-state index contributed by atoms with van der Waals surface area (Å²) in [7, 11) is 0. The number of rotatable bonds is 3. The van der Waals surface area contributed by atoms with E-state index in [1.807, 2.05) is 20.8 Å². The minimum absolute atomic E-state index is 0.161. The molecule has 1 heterocycles. The summed E-state index contributed by atoms with van der Waals surface area (Å²) in [5, 5.41) is 14.3. The first-order valence-electron chi connectivity index (χ1n) is 6.37. The fourth-order valence-corrected chi connectivity index (χ4v) is 2.81. The molecule has 1 atom stereocenters. The van der Waals surface area contributed by atoms with Gasteiger partial charge in [-0.1, -0.05) is 0 Å². The fourth-order valence-electron chi connectivity index (χ4n) is 1.77. The third-order valence-electron chi connectivity index (χ3n) is 2.59. The van der Waals surface area contributed by atoms with Gasteiger partial charge in [0, 0.05) is 23.6 Å². The molecular weight excluding hydrogens is 282 g/mol. The Labute approximate surface area is 122 Å². The Morgan fingerprint density at radius 1 is 1.35 bits per heavy atom. The molecule has 3 amide bonds. The van der Waals surface area contributed by atoms with Crippen molar-refractivity contribution < 1.29 is 19.5 Å². The molecule has 0 aromatic rings. The number of hydrogen-bond acceptors (Lipinski definition) is 4. The highest BCUT2D eigenvalue weighted by Gasteiger charge is 2.32. The third kappa shape index (κ3) is 5.28. The Bertz CT molecular complexity index is 395. The van der Waals surface area contributed by atoms with E-state index < -0.39 is 18.0 Å². The van der Waals surface area contributed by atoms with E-state index in [1.165, 1.54) is 16.7 Å². The summed E-state index contributed by atoms with van der Waals surface area (Å²) in [6.45, 7) is 5.74. The highest BCUT2D eigenvalue weighted by atomic mass is 32.2. The lowest BCUT2D eigenvalue weighted by atomic mass is 10.1. The van der Waals surface area contributed by atoms with Crippen molar-refractivity contribution in [2.75, 3.05) is 24.6 Å². The maximum atomic E-state index is 11.9. The van der Waals surface area contributed by atoms with Gasteiger partial charge in [0.15, 0.2) is 0 Å². The molecule has 1 aliphatic heterocycles. The average molecular weight is 303 g/mol. The summed E-state index contributed by atoms with van der Waals surface area (Å²) in [6, 6.07) is -1.35. The van der Waals surface area contributed by atoms with Crippen molar-refractivity contribution in [3.63, 3.8) is 0 Å². The average Bonchev–Trinajstić information content (AvgIpc) is 2.33. The highest BCUT2D eigenvalue weighted by molar-refractivity contribution is 7.99. The fraction of sp³-hybridized carbons (Fsp3) is 0.750. The van der Waals surface area contributed by atoms with Gasteiger partial charge in [0.05, 0.1) is 6.54 Å². The van der Waals surface area contributed by atoms with Gasteiger partial charge >= 0.3 is 12.0 Å². The van der Waals surface area contributed by atoms with Crippen LogP contribution in [0.15, 0.2) is 0 Å². The zero-order valence-electron chi connectivity index (χ0n) is 11.9. The van der Waals surface area contributed by atoms with E-state index in [2.05, 4.69) is 10.6 Å². The molecule has 7 nitrogen and oxygen atoms in total. The van der Waals surface area contributed by atoms with Crippen molar-refractivity contribution in [2.45, 2.75) is 32.4 Å². The molecule has 0 aromatic heterocycles. The SMILES string of the molecule is CC(C)(C)NC(=O)CNC(=O)N1CCSCC1C(=O)O. The molecule has 0 radical (unpaired) electrons. The van der Waals surface area contributed by atoms with Crippen LogP contribution in [-0.2, 0) is 9.59 Å². The Morgan fingerprint density at radius 3 is 2.55 bits per heavy atom. The van der Waals surface area contributed by atoms with Crippen LogP contribution in [0.2, 0.25) is 0 Å². The van der Waals surface area contributed by atoms with Crippen LogP contribution in [0.25, 0.3) is 0 Å². The molecule has 0 aromatic carbocycles. The lowest BCUT2D eigenvalue weighted by Gasteiger charge is -2.32. The smallest absolute Gasteiger partial charge is 0.327 e. The first-order chi connectivity index (χ1) is 9.20. The zero-order valence-corrected chi connectivity index (χ0v) is 12.7. The summed E-state index contributed by atoms with van der Waals surface area (Å²) >= 11 is 1.50. The first-order valence-corrected chi connectivity index (χ1v) is 7.52. The normalized spacial score (nSPS) is 19.4. The second kappa shape index (κ2) is 6.83. The predicted octanol–water partition coefficient (Wildman–Crippen LogP) is 0.113. The van der Waals surface area contributed by atoms with Gasteiger partial charge in [0.2, 0.25) is 5.91 Å². The monoisotopic (exact) mass is 303 g/mol. The second-order valence-electron chi connectivity index (χ2n) is 5.58. The summed E-state index contributed by atoms with van der Waals surface area (Å²) in [4.78, 5) is 35.9. The van der Waals surface area contributed by atoms with Gasteiger partial charge in [-0.05, 0) is 20.8 Å². The van der Waals surface area contributed by atoms with Gasteiger partial charge < -0.3 is 20.6 Å². The van der Waals surface area contributed by atoms with Crippen LogP contribution in [0.3, 0.4) is 0 Å². The van der Waals surface area contributed by atoms with E-state index in [9.17, 15) is 14.4 Å². The van der Waals surface area contributed by atoms with Crippen LogP contribution in [0, 0.1) is 0 Å². The van der Waals surface area contributed by atoms with Crippen LogP contribution in [0.5, 0.6) is 0 Å². The van der Waals surface area contributed by atoms with Gasteiger partial charge in [-0.15, -0.1) is 0 Å². The second-order valence-corrected chi connectivity index (χ2v) is 6.73. The molecule has 0 saturated carbocycles. The van der Waals surface area contributed by atoms with Gasteiger partial charge in [-0.2, -0.15) is 11.8 Å². The molecule has 8 heteroatoms. The number of carboxylic acids is 1. The number of thioether (sulfide) groups is 1. The maximum Gasteiger partial charge on any atom is 0.327 e. The number of amides is 3. The van der Waals surface area contributed by atoms with E-state index in [-0.39, 0.29) is 18.0 Å². The molecule has 0 spiro atoms. The molecule has 114 valence electrons. The summed E-state index contributed by atoms with van der Waals surface area (Å²) in [5.41, 5.74) is -0.368. The summed E-state index contributed by atoms with van der Waals surface area (Å²) in [5.74, 6) is -0.252. The van der Waals surface area contributed by atoms with E-state index in [1.54, 1.807) is 0 Å². The molecule has 1 fully saturated rings. The van der Waals surface area contributed by atoms with Crippen molar-refractivity contribution in [3.8, 4) is 0 Å². The molecule has 0 aliphatic carbocycles. The molecule has 20 heavy (non-hydrogen) atoms. The topological polar surface area (TPSA) is 98.7 Å². The molecular formula is C12H21N3O4S. The van der Waals surface area contributed by atoms with Crippen LogP contribution < -0.4 is 10.6 Å². The molecule has 3 N–H and O–H groups in total. The summed E-state index contributed by atoms with van der Waals surface area (Å²) < 4.78 is 0. The van der Waals surface area contributed by atoms with Crippen LogP contribution in [0.1, 0.15) is 20.8 Å². The van der Waals surface area contributed by atoms with Gasteiger partial charge in [-0.3, -0.25) is 4.79 Å². The molecule has 1 unspecified atom stereocenters. The Balaban J connectivity index is 2.49. The van der Waals surface area contributed by atoms with Gasteiger partial charge in [0.25, 0.3) is 0 Å². The third-order valence-corrected chi connectivity index (χ3v) is 3.61. The lowest BCUT2D eigenvalue weighted by molar-refractivity contribution is -0.141. The maximum absolute atomic E-state index is 11.9. The predicted molar refractivity (Wildman–Crippen MR) is 76.7 cm³/mol. The number of urea groups is 1.